The number of esters is 1. The summed E-state index contributed by atoms with van der Waals surface area (Å²) in [5, 5.41) is 9.68. The summed E-state index contributed by atoms with van der Waals surface area (Å²) in [4.78, 5) is 11.2. The van der Waals surface area contributed by atoms with Gasteiger partial charge in [0.05, 0.1) is 23.8 Å². The van der Waals surface area contributed by atoms with Gasteiger partial charge < -0.3 is 15.6 Å². The number of nitrogens with two attached hydrogens (primary N) is 1. The van der Waals surface area contributed by atoms with E-state index in [-0.39, 0.29) is 6.54 Å². The van der Waals surface area contributed by atoms with Crippen molar-refractivity contribution < 1.29 is 14.6 Å². The van der Waals surface area contributed by atoms with Gasteiger partial charge in [0, 0.05) is 6.54 Å². The molecule has 5 heteroatoms. The topological polar surface area (TPSA) is 72.5 Å². The molecule has 0 fully saturated rings. The largest absolute Gasteiger partial charge is 0.465 e. The standard InChI is InChI=1S/C11H14ClNO3/c1-16-11(15)9-3-2-7(5-10(9)12)4-8(14)6-13/h2-3,5,8,14H,4,6,13H2,1H3. The molecule has 0 heterocycles. The van der Waals surface area contributed by atoms with E-state index in [1.54, 1.807) is 18.2 Å². The summed E-state index contributed by atoms with van der Waals surface area (Å²) in [5.74, 6) is -0.476. The van der Waals surface area contributed by atoms with Crippen molar-refractivity contribution in [3.63, 3.8) is 0 Å². The van der Waals surface area contributed by atoms with E-state index in [2.05, 4.69) is 4.74 Å². The molecule has 1 unspecified atom stereocenters. The molecule has 0 saturated carbocycles. The predicted molar refractivity (Wildman–Crippen MR) is 61.6 cm³/mol. The predicted octanol–water partition coefficient (Wildman–Crippen LogP) is 0.989. The van der Waals surface area contributed by atoms with E-state index >= 15 is 0 Å². The van der Waals surface area contributed by atoms with E-state index in [0.29, 0.717) is 17.0 Å². The minimum atomic E-state index is -0.597. The first-order chi connectivity index (χ1) is 7.58. The number of ether oxygens (including phenoxy) is 1. The van der Waals surface area contributed by atoms with Gasteiger partial charge in [0.2, 0.25) is 0 Å². The minimum Gasteiger partial charge on any atom is -0.465 e. The Hall–Kier alpha value is -1.10. The van der Waals surface area contributed by atoms with Crippen LogP contribution in [-0.4, -0.2) is 30.8 Å². The first kappa shape index (κ1) is 13.0. The van der Waals surface area contributed by atoms with Crippen LogP contribution in [0.1, 0.15) is 15.9 Å². The van der Waals surface area contributed by atoms with Crippen molar-refractivity contribution in [3.05, 3.63) is 34.3 Å². The zero-order chi connectivity index (χ0) is 12.1. The molecule has 4 nitrogen and oxygen atoms in total. The first-order valence-electron chi connectivity index (χ1n) is 4.83. The molecule has 0 aromatic heterocycles. The lowest BCUT2D eigenvalue weighted by Gasteiger charge is -2.09. The molecule has 0 aliphatic carbocycles. The highest BCUT2D eigenvalue weighted by molar-refractivity contribution is 6.33. The molecule has 1 aromatic carbocycles. The van der Waals surface area contributed by atoms with Crippen LogP contribution in [0.4, 0.5) is 0 Å². The highest BCUT2D eigenvalue weighted by atomic mass is 35.5. The number of carbonyl (C=O) groups excluding carboxylic acids is 1. The lowest BCUT2D eigenvalue weighted by Crippen LogP contribution is -2.22. The number of hydrogen-bond acceptors (Lipinski definition) is 4. The molecule has 0 saturated heterocycles. The second-order valence-corrected chi connectivity index (χ2v) is 3.81. The van der Waals surface area contributed by atoms with Gasteiger partial charge in [-0.3, -0.25) is 0 Å². The molecule has 0 amide bonds. The third kappa shape index (κ3) is 3.20. The Labute approximate surface area is 99.0 Å². The molecular formula is C11H14ClNO3. The maximum atomic E-state index is 11.2. The van der Waals surface area contributed by atoms with Crippen LogP contribution in [0.5, 0.6) is 0 Å². The van der Waals surface area contributed by atoms with Gasteiger partial charge in [-0.15, -0.1) is 0 Å². The number of hydrogen-bond donors (Lipinski definition) is 2. The van der Waals surface area contributed by atoms with Gasteiger partial charge in [0.15, 0.2) is 0 Å². The van der Waals surface area contributed by atoms with Crippen LogP contribution in [0.2, 0.25) is 5.02 Å². The molecular weight excluding hydrogens is 230 g/mol. The fourth-order valence-electron chi connectivity index (χ4n) is 1.32. The lowest BCUT2D eigenvalue weighted by molar-refractivity contribution is 0.0601. The summed E-state index contributed by atoms with van der Waals surface area (Å²) in [6.07, 6.45) is -0.183. The van der Waals surface area contributed by atoms with Crippen LogP contribution in [0.25, 0.3) is 0 Å². The summed E-state index contributed by atoms with van der Waals surface area (Å²) in [5.41, 5.74) is 6.44. The van der Waals surface area contributed by atoms with Crippen LogP contribution in [0, 0.1) is 0 Å². The van der Waals surface area contributed by atoms with Gasteiger partial charge in [0.1, 0.15) is 0 Å². The Balaban J connectivity index is 2.86. The van der Waals surface area contributed by atoms with Crippen LogP contribution < -0.4 is 5.73 Å². The van der Waals surface area contributed by atoms with E-state index in [1.807, 2.05) is 0 Å². The molecule has 0 aliphatic rings. The normalized spacial score (nSPS) is 12.2. The van der Waals surface area contributed by atoms with Crippen LogP contribution in [-0.2, 0) is 11.2 Å². The number of benzene rings is 1. The molecule has 1 atom stereocenters. The monoisotopic (exact) mass is 243 g/mol. The van der Waals surface area contributed by atoms with Crippen molar-refractivity contribution >= 4 is 17.6 Å². The van der Waals surface area contributed by atoms with Gasteiger partial charge in [-0.25, -0.2) is 4.79 Å². The highest BCUT2D eigenvalue weighted by Gasteiger charge is 2.11. The molecule has 0 aliphatic heterocycles. The highest BCUT2D eigenvalue weighted by Crippen LogP contribution is 2.19. The third-order valence-electron chi connectivity index (χ3n) is 2.18. The summed E-state index contributed by atoms with van der Waals surface area (Å²) in [6.45, 7) is 0.191. The Morgan fingerprint density at radius 1 is 1.62 bits per heavy atom. The van der Waals surface area contributed by atoms with E-state index < -0.39 is 12.1 Å². The van der Waals surface area contributed by atoms with Gasteiger partial charge in [-0.2, -0.15) is 0 Å². The second-order valence-electron chi connectivity index (χ2n) is 3.40. The Kier molecular flexibility index (Phi) is 4.73. The van der Waals surface area contributed by atoms with E-state index in [0.717, 1.165) is 5.56 Å². The van der Waals surface area contributed by atoms with Crippen LogP contribution >= 0.6 is 11.6 Å². The number of carbonyl (C=O) groups is 1. The molecule has 16 heavy (non-hydrogen) atoms. The van der Waals surface area contributed by atoms with E-state index in [4.69, 9.17) is 17.3 Å². The van der Waals surface area contributed by atoms with Crippen molar-refractivity contribution in [3.8, 4) is 0 Å². The molecule has 88 valence electrons. The van der Waals surface area contributed by atoms with E-state index in [9.17, 15) is 9.90 Å². The second kappa shape index (κ2) is 5.84. The van der Waals surface area contributed by atoms with Gasteiger partial charge >= 0.3 is 5.97 Å². The Morgan fingerprint density at radius 2 is 2.31 bits per heavy atom. The fourth-order valence-corrected chi connectivity index (χ4v) is 1.60. The minimum absolute atomic E-state index is 0.191. The van der Waals surface area contributed by atoms with Gasteiger partial charge in [-0.1, -0.05) is 17.7 Å². The van der Waals surface area contributed by atoms with Crippen molar-refractivity contribution in [1.29, 1.82) is 0 Å². The lowest BCUT2D eigenvalue weighted by atomic mass is 10.1. The van der Waals surface area contributed by atoms with Crippen molar-refractivity contribution in [2.45, 2.75) is 12.5 Å². The number of halogens is 1. The SMILES string of the molecule is COC(=O)c1ccc(CC(O)CN)cc1Cl. The molecule has 0 spiro atoms. The van der Waals surface area contributed by atoms with Crippen molar-refractivity contribution in [2.75, 3.05) is 13.7 Å². The number of aliphatic hydroxyl groups is 1. The number of aliphatic hydroxyl groups excluding tert-OH is 1. The first-order valence-corrected chi connectivity index (χ1v) is 5.21. The molecule has 1 aromatic rings. The zero-order valence-corrected chi connectivity index (χ0v) is 9.70. The number of methoxy groups -OCH3 is 1. The molecule has 0 bridgehead atoms. The maximum Gasteiger partial charge on any atom is 0.339 e. The fraction of sp³-hybridized carbons (Fsp3) is 0.364. The summed E-state index contributed by atoms with van der Waals surface area (Å²) < 4.78 is 4.57. The van der Waals surface area contributed by atoms with Gasteiger partial charge in [-0.05, 0) is 24.1 Å². The molecule has 0 radical (unpaired) electrons. The van der Waals surface area contributed by atoms with Gasteiger partial charge in [0.25, 0.3) is 0 Å². The van der Waals surface area contributed by atoms with Crippen LogP contribution in [0.3, 0.4) is 0 Å². The maximum absolute atomic E-state index is 11.2. The van der Waals surface area contributed by atoms with Crippen LogP contribution in [0.15, 0.2) is 18.2 Å². The third-order valence-corrected chi connectivity index (χ3v) is 2.49. The Bertz CT molecular complexity index is 381. The van der Waals surface area contributed by atoms with Crippen molar-refractivity contribution in [1.82, 2.24) is 0 Å². The summed E-state index contributed by atoms with van der Waals surface area (Å²) in [7, 11) is 1.30. The average Bonchev–Trinajstić information content (AvgIpc) is 2.28. The Morgan fingerprint density at radius 3 is 2.81 bits per heavy atom. The van der Waals surface area contributed by atoms with Crippen molar-refractivity contribution in [2.24, 2.45) is 5.73 Å². The smallest absolute Gasteiger partial charge is 0.339 e. The average molecular weight is 244 g/mol. The molecule has 1 rings (SSSR count). The quantitative estimate of drug-likeness (QED) is 0.774. The summed E-state index contributed by atoms with van der Waals surface area (Å²) >= 11 is 5.92. The summed E-state index contributed by atoms with van der Waals surface area (Å²) in [6, 6.07) is 4.93. The number of rotatable bonds is 4. The molecule has 3 N–H and O–H groups in total. The zero-order valence-electron chi connectivity index (χ0n) is 8.94. The van der Waals surface area contributed by atoms with E-state index in [1.165, 1.54) is 7.11 Å².